The third kappa shape index (κ3) is 3.48. The Labute approximate surface area is 185 Å². The maximum Gasteiger partial charge on any atom is 0.339 e. The summed E-state index contributed by atoms with van der Waals surface area (Å²) in [4.78, 5) is 27.6. The van der Waals surface area contributed by atoms with E-state index < -0.39 is 17.9 Å². The lowest BCUT2D eigenvalue weighted by atomic mass is 9.96. The molecule has 3 aromatic carbocycles. The molecule has 0 radical (unpaired) electrons. The Bertz CT molecular complexity index is 1250. The number of hydrogen-bond donors (Lipinski definition) is 2. The van der Waals surface area contributed by atoms with Gasteiger partial charge in [0.1, 0.15) is 12.5 Å². The summed E-state index contributed by atoms with van der Waals surface area (Å²) in [6.07, 6.45) is 1.51. The molecule has 0 fully saturated rings. The Morgan fingerprint density at radius 3 is 2.09 bits per heavy atom. The highest BCUT2D eigenvalue weighted by Gasteiger charge is 2.30. The number of aromatic nitrogens is 1. The molecule has 5 rings (SSSR count). The van der Waals surface area contributed by atoms with Crippen molar-refractivity contribution in [3.05, 3.63) is 119 Å². The van der Waals surface area contributed by atoms with Gasteiger partial charge in [-0.25, -0.2) is 4.79 Å². The first-order chi connectivity index (χ1) is 15.6. The third-order valence-corrected chi connectivity index (χ3v) is 5.98. The van der Waals surface area contributed by atoms with Gasteiger partial charge in [0.2, 0.25) is 0 Å². The van der Waals surface area contributed by atoms with E-state index in [2.05, 4.69) is 29.2 Å². The van der Waals surface area contributed by atoms with E-state index in [1.807, 2.05) is 30.3 Å². The Kier molecular flexibility index (Phi) is 5.07. The molecule has 1 aromatic heterocycles. The number of nitrogens with one attached hydrogen (secondary N) is 1. The first kappa shape index (κ1) is 19.8. The molecule has 2 N–H and O–H groups in total. The van der Waals surface area contributed by atoms with Crippen LogP contribution in [0.5, 0.6) is 0 Å². The maximum atomic E-state index is 12.8. The monoisotopic (exact) mass is 423 g/mol. The van der Waals surface area contributed by atoms with Crippen LogP contribution >= 0.6 is 0 Å². The van der Waals surface area contributed by atoms with Crippen LogP contribution in [0.3, 0.4) is 0 Å². The highest BCUT2D eigenvalue weighted by molar-refractivity contribution is 5.90. The minimum Gasteiger partial charge on any atom is -0.480 e. The largest absolute Gasteiger partial charge is 0.480 e. The van der Waals surface area contributed by atoms with Crippen LogP contribution in [0.2, 0.25) is 0 Å². The van der Waals surface area contributed by atoms with Gasteiger partial charge in [-0.1, -0.05) is 78.9 Å². The fraction of sp³-hybridized carbons (Fsp3) is 0.111. The summed E-state index contributed by atoms with van der Waals surface area (Å²) in [7, 11) is 0. The van der Waals surface area contributed by atoms with Gasteiger partial charge in [-0.05, 0) is 33.9 Å². The van der Waals surface area contributed by atoms with E-state index in [0.717, 1.165) is 11.1 Å². The number of esters is 1. The number of carbonyl (C=O) groups is 2. The van der Waals surface area contributed by atoms with Crippen molar-refractivity contribution in [1.29, 1.82) is 0 Å². The minimum absolute atomic E-state index is 0.0270. The van der Waals surface area contributed by atoms with E-state index >= 15 is 0 Å². The predicted octanol–water partition coefficient (Wildman–Crippen LogP) is 5.20. The van der Waals surface area contributed by atoms with Gasteiger partial charge in [-0.2, -0.15) is 0 Å². The van der Waals surface area contributed by atoms with Crippen LogP contribution in [0.4, 0.5) is 0 Å². The zero-order valence-electron chi connectivity index (χ0n) is 17.2. The number of aliphatic carboxylic acids is 1. The molecule has 0 saturated carbocycles. The number of ether oxygens (including phenoxy) is 1. The average molecular weight is 423 g/mol. The fourth-order valence-corrected chi connectivity index (χ4v) is 4.48. The number of H-pyrrole nitrogens is 1. The van der Waals surface area contributed by atoms with E-state index in [4.69, 9.17) is 4.74 Å². The summed E-state index contributed by atoms with van der Waals surface area (Å²) < 4.78 is 5.68. The molecule has 5 heteroatoms. The Morgan fingerprint density at radius 2 is 1.47 bits per heavy atom. The minimum atomic E-state index is -0.989. The number of carbonyl (C=O) groups excluding carboxylic acids is 1. The average Bonchev–Trinajstić information content (AvgIpc) is 3.42. The van der Waals surface area contributed by atoms with Gasteiger partial charge in [0.05, 0.1) is 5.56 Å². The van der Waals surface area contributed by atoms with Crippen LogP contribution in [0.25, 0.3) is 11.1 Å². The smallest absolute Gasteiger partial charge is 0.339 e. The fourth-order valence-electron chi connectivity index (χ4n) is 4.48. The van der Waals surface area contributed by atoms with E-state index in [1.54, 1.807) is 30.3 Å². The number of aromatic amines is 1. The maximum absolute atomic E-state index is 12.8. The van der Waals surface area contributed by atoms with Gasteiger partial charge in [0.25, 0.3) is 0 Å². The number of hydrogen-bond acceptors (Lipinski definition) is 3. The third-order valence-electron chi connectivity index (χ3n) is 5.98. The summed E-state index contributed by atoms with van der Waals surface area (Å²) in [5.41, 5.74) is 6.01. The molecule has 4 aromatic rings. The number of carboxylic acids is 1. The van der Waals surface area contributed by atoms with Crippen LogP contribution in [0, 0.1) is 0 Å². The zero-order chi connectivity index (χ0) is 22.1. The molecule has 0 spiro atoms. The lowest BCUT2D eigenvalue weighted by Gasteiger charge is -2.14. The molecule has 1 aliphatic rings. The van der Waals surface area contributed by atoms with Crippen molar-refractivity contribution in [2.45, 2.75) is 11.8 Å². The van der Waals surface area contributed by atoms with Crippen LogP contribution in [0.15, 0.2) is 91.1 Å². The van der Waals surface area contributed by atoms with Crippen LogP contribution in [0.1, 0.15) is 44.6 Å². The lowest BCUT2D eigenvalue weighted by Crippen LogP contribution is -2.14. The Morgan fingerprint density at radius 1 is 0.875 bits per heavy atom. The number of fused-ring (bicyclic) bond motifs is 3. The predicted molar refractivity (Wildman–Crippen MR) is 121 cm³/mol. The van der Waals surface area contributed by atoms with Crippen molar-refractivity contribution in [3.8, 4) is 11.1 Å². The van der Waals surface area contributed by atoms with E-state index in [0.29, 0.717) is 16.8 Å². The van der Waals surface area contributed by atoms with Crippen molar-refractivity contribution in [2.24, 2.45) is 0 Å². The topological polar surface area (TPSA) is 79.4 Å². The van der Waals surface area contributed by atoms with Crippen molar-refractivity contribution in [2.75, 3.05) is 6.61 Å². The molecule has 1 aliphatic carbocycles. The van der Waals surface area contributed by atoms with E-state index in [-0.39, 0.29) is 12.5 Å². The summed E-state index contributed by atoms with van der Waals surface area (Å²) in [5, 5.41) is 9.72. The molecule has 0 bridgehead atoms. The quantitative estimate of drug-likeness (QED) is 0.418. The van der Waals surface area contributed by atoms with Crippen LogP contribution < -0.4 is 0 Å². The first-order valence-corrected chi connectivity index (χ1v) is 10.4. The molecule has 5 nitrogen and oxygen atoms in total. The van der Waals surface area contributed by atoms with Gasteiger partial charge >= 0.3 is 11.9 Å². The molecule has 0 saturated heterocycles. The van der Waals surface area contributed by atoms with Gasteiger partial charge in [-0.15, -0.1) is 0 Å². The second-order valence-electron chi connectivity index (χ2n) is 7.85. The van der Waals surface area contributed by atoms with Crippen molar-refractivity contribution >= 4 is 11.9 Å². The number of rotatable bonds is 6. The number of carboxylic acid groups (broad SMARTS) is 1. The normalized spacial score (nSPS) is 13.2. The van der Waals surface area contributed by atoms with Crippen molar-refractivity contribution in [1.82, 2.24) is 4.98 Å². The standard InChI is InChI=1S/C27H21NO4/c29-26(30)25(17-8-2-1-3-9-17)24-14-18(15-28-24)27(31)32-16-23-21-12-6-4-10-19(21)20-11-5-7-13-22(20)23/h1-15,23,25,28H,16H2,(H,29,30). The van der Waals surface area contributed by atoms with Crippen molar-refractivity contribution < 1.29 is 19.4 Å². The lowest BCUT2D eigenvalue weighted by molar-refractivity contribution is -0.137. The summed E-state index contributed by atoms with van der Waals surface area (Å²) >= 11 is 0. The molecule has 0 aliphatic heterocycles. The molecular weight excluding hydrogens is 402 g/mol. The van der Waals surface area contributed by atoms with Gasteiger partial charge in [-0.3, -0.25) is 4.79 Å². The Hall–Kier alpha value is -4.12. The van der Waals surface area contributed by atoms with Gasteiger partial charge in [0, 0.05) is 17.8 Å². The van der Waals surface area contributed by atoms with Crippen LogP contribution in [-0.4, -0.2) is 28.6 Å². The second kappa shape index (κ2) is 8.19. The van der Waals surface area contributed by atoms with Gasteiger partial charge < -0.3 is 14.8 Å². The molecular formula is C27H21NO4. The van der Waals surface area contributed by atoms with Crippen molar-refractivity contribution in [3.63, 3.8) is 0 Å². The molecule has 1 heterocycles. The van der Waals surface area contributed by atoms with Gasteiger partial charge in [0.15, 0.2) is 0 Å². The van der Waals surface area contributed by atoms with Crippen LogP contribution in [-0.2, 0) is 9.53 Å². The summed E-state index contributed by atoms with van der Waals surface area (Å²) in [5.74, 6) is -2.38. The first-order valence-electron chi connectivity index (χ1n) is 10.4. The molecule has 0 amide bonds. The SMILES string of the molecule is O=C(OCC1c2ccccc2-c2ccccc21)c1c[nH]c(C(C(=O)O)c2ccccc2)c1. The molecule has 1 atom stereocenters. The summed E-state index contributed by atoms with van der Waals surface area (Å²) in [6.45, 7) is 0.217. The molecule has 1 unspecified atom stereocenters. The second-order valence-corrected chi connectivity index (χ2v) is 7.85. The Balaban J connectivity index is 1.35. The number of benzene rings is 3. The molecule has 32 heavy (non-hydrogen) atoms. The van der Waals surface area contributed by atoms with E-state index in [9.17, 15) is 14.7 Å². The highest BCUT2D eigenvalue weighted by atomic mass is 16.5. The molecule has 158 valence electrons. The highest BCUT2D eigenvalue weighted by Crippen LogP contribution is 2.44. The van der Waals surface area contributed by atoms with E-state index in [1.165, 1.54) is 17.3 Å². The summed E-state index contributed by atoms with van der Waals surface area (Å²) in [6, 6.07) is 26.8. The zero-order valence-corrected chi connectivity index (χ0v) is 17.2.